The fraction of sp³-hybridized carbons (Fsp3) is 0.909. The number of rotatable bonds is 11. The molecule has 28 heavy (non-hydrogen) atoms. The Morgan fingerprint density at radius 2 is 1.04 bits per heavy atom. The van der Waals surface area contributed by atoms with E-state index in [2.05, 4.69) is 0 Å². The molecule has 0 amide bonds. The third-order valence-corrected chi connectivity index (χ3v) is 5.21. The molecular weight excluding hydrogens is 360 g/mol. The topological polar surface area (TPSA) is 93.1 Å². The molecule has 1 aliphatic heterocycles. The maximum atomic E-state index is 12.0. The highest BCUT2D eigenvalue weighted by molar-refractivity contribution is 5.71. The Labute approximate surface area is 170 Å². The van der Waals surface area contributed by atoms with Crippen LogP contribution in [-0.2, 0) is 19.1 Å². The van der Waals surface area contributed by atoms with E-state index in [-0.39, 0.29) is 25.9 Å². The summed E-state index contributed by atoms with van der Waals surface area (Å²) in [6.07, 6.45) is 15.3. The number of aliphatic hydroxyl groups is 2. The number of carbonyl (C=O) groups is 2. The number of aliphatic hydroxyl groups excluding tert-OH is 1. The molecule has 0 aliphatic carbocycles. The summed E-state index contributed by atoms with van der Waals surface area (Å²) in [5.41, 5.74) is 0. The van der Waals surface area contributed by atoms with Crippen molar-refractivity contribution in [1.29, 1.82) is 0 Å². The Hall–Kier alpha value is -1.14. The summed E-state index contributed by atoms with van der Waals surface area (Å²) >= 11 is 0. The van der Waals surface area contributed by atoms with Crippen molar-refractivity contribution in [3.05, 3.63) is 0 Å². The Balaban J connectivity index is 2.31. The zero-order valence-corrected chi connectivity index (χ0v) is 17.5. The van der Waals surface area contributed by atoms with E-state index in [1.165, 1.54) is 12.8 Å². The summed E-state index contributed by atoms with van der Waals surface area (Å²) in [5, 5.41) is 19.3. The van der Waals surface area contributed by atoms with Gasteiger partial charge < -0.3 is 19.7 Å². The Kier molecular flexibility index (Phi) is 14.0. The number of hydrogen-bond donors (Lipinski definition) is 2. The molecule has 1 fully saturated rings. The minimum absolute atomic E-state index is 0.126. The summed E-state index contributed by atoms with van der Waals surface area (Å²) < 4.78 is 10.3. The minimum Gasteiger partial charge on any atom is -0.398 e. The van der Waals surface area contributed by atoms with Gasteiger partial charge in [0.15, 0.2) is 0 Å². The lowest BCUT2D eigenvalue weighted by molar-refractivity contribution is -0.328. The van der Waals surface area contributed by atoms with E-state index >= 15 is 0 Å². The predicted molar refractivity (Wildman–Crippen MR) is 107 cm³/mol. The van der Waals surface area contributed by atoms with Crippen molar-refractivity contribution >= 4 is 11.9 Å². The van der Waals surface area contributed by atoms with Crippen LogP contribution in [0.3, 0.4) is 0 Å². The van der Waals surface area contributed by atoms with Crippen LogP contribution >= 0.6 is 0 Å². The number of hydrogen-bond acceptors (Lipinski definition) is 6. The summed E-state index contributed by atoms with van der Waals surface area (Å²) in [4.78, 5) is 24.0. The molecule has 0 aromatic carbocycles. The van der Waals surface area contributed by atoms with Crippen LogP contribution in [0.25, 0.3) is 0 Å². The molecule has 1 aliphatic rings. The molecule has 0 aromatic heterocycles. The normalized spacial score (nSPS) is 19.1. The van der Waals surface area contributed by atoms with Gasteiger partial charge in [0.05, 0.1) is 6.42 Å². The average Bonchev–Trinajstić information content (AvgIpc) is 2.65. The SMILES string of the molecule is O=C1CCCCCCCCC(=O)OC(O)(CCCCCCCCCCCO)O1. The first kappa shape index (κ1) is 24.9. The van der Waals surface area contributed by atoms with E-state index in [9.17, 15) is 14.7 Å². The van der Waals surface area contributed by atoms with Gasteiger partial charge in [0.1, 0.15) is 0 Å². The van der Waals surface area contributed by atoms with E-state index in [1.54, 1.807) is 0 Å². The predicted octanol–water partition coefficient (Wildman–Crippen LogP) is 4.75. The minimum atomic E-state index is -2.12. The fourth-order valence-electron chi connectivity index (χ4n) is 3.52. The molecule has 1 heterocycles. The molecule has 0 bridgehead atoms. The van der Waals surface area contributed by atoms with Gasteiger partial charge in [-0.3, -0.25) is 9.59 Å². The number of carbonyl (C=O) groups excluding carboxylic acids is 2. The van der Waals surface area contributed by atoms with E-state index in [4.69, 9.17) is 14.6 Å². The summed E-state index contributed by atoms with van der Waals surface area (Å²) in [5.74, 6) is -3.12. The van der Waals surface area contributed by atoms with Crippen molar-refractivity contribution in [1.82, 2.24) is 0 Å². The highest BCUT2D eigenvalue weighted by atomic mass is 16.8. The summed E-state index contributed by atoms with van der Waals surface area (Å²) in [6.45, 7) is 0.276. The third-order valence-electron chi connectivity index (χ3n) is 5.21. The zero-order chi connectivity index (χ0) is 20.5. The third kappa shape index (κ3) is 13.1. The van der Waals surface area contributed by atoms with Gasteiger partial charge in [-0.2, -0.15) is 0 Å². The monoisotopic (exact) mass is 400 g/mol. The smallest absolute Gasteiger partial charge is 0.373 e. The first-order valence-electron chi connectivity index (χ1n) is 11.3. The second-order valence-electron chi connectivity index (χ2n) is 7.94. The lowest BCUT2D eigenvalue weighted by Crippen LogP contribution is -2.40. The average molecular weight is 401 g/mol. The van der Waals surface area contributed by atoms with Crippen LogP contribution < -0.4 is 0 Å². The van der Waals surface area contributed by atoms with Gasteiger partial charge in [0.2, 0.25) is 0 Å². The quantitative estimate of drug-likeness (QED) is 0.384. The van der Waals surface area contributed by atoms with Crippen LogP contribution in [0.4, 0.5) is 0 Å². The molecule has 6 heteroatoms. The highest BCUT2D eigenvalue weighted by Crippen LogP contribution is 2.23. The first-order valence-corrected chi connectivity index (χ1v) is 11.3. The van der Waals surface area contributed by atoms with Crippen LogP contribution in [0.15, 0.2) is 0 Å². The van der Waals surface area contributed by atoms with Gasteiger partial charge in [-0.15, -0.1) is 0 Å². The van der Waals surface area contributed by atoms with E-state index < -0.39 is 17.9 Å². The Morgan fingerprint density at radius 1 is 0.643 bits per heavy atom. The van der Waals surface area contributed by atoms with Gasteiger partial charge in [-0.25, -0.2) is 0 Å². The van der Waals surface area contributed by atoms with E-state index in [0.29, 0.717) is 6.42 Å². The molecule has 6 nitrogen and oxygen atoms in total. The van der Waals surface area contributed by atoms with Crippen LogP contribution in [0.2, 0.25) is 0 Å². The standard InChI is InChI=1S/C22H40O6/c23-19-15-11-7-3-1-2-6-10-14-18-22(26)27-20(24)16-12-8-4-5-9-13-17-21(25)28-22/h23,26H,1-19H2. The van der Waals surface area contributed by atoms with Crippen LogP contribution in [0, 0.1) is 0 Å². The van der Waals surface area contributed by atoms with Gasteiger partial charge in [0.25, 0.3) is 0 Å². The molecule has 2 N–H and O–H groups in total. The second kappa shape index (κ2) is 15.7. The molecule has 0 saturated carbocycles. The van der Waals surface area contributed by atoms with Gasteiger partial charge in [0, 0.05) is 19.4 Å². The molecule has 1 rings (SSSR count). The van der Waals surface area contributed by atoms with E-state index in [1.807, 2.05) is 0 Å². The lowest BCUT2D eigenvalue weighted by Gasteiger charge is -2.27. The van der Waals surface area contributed by atoms with Gasteiger partial charge in [-0.05, 0) is 25.7 Å². The molecule has 1 saturated heterocycles. The number of ether oxygens (including phenoxy) is 2. The van der Waals surface area contributed by atoms with Crippen LogP contribution in [0.1, 0.15) is 116 Å². The van der Waals surface area contributed by atoms with E-state index in [0.717, 1.165) is 77.0 Å². The highest BCUT2D eigenvalue weighted by Gasteiger charge is 2.35. The van der Waals surface area contributed by atoms with Crippen LogP contribution in [0.5, 0.6) is 0 Å². The summed E-state index contributed by atoms with van der Waals surface area (Å²) in [6, 6.07) is 0. The largest absolute Gasteiger partial charge is 0.398 e. The fourth-order valence-corrected chi connectivity index (χ4v) is 3.52. The second-order valence-corrected chi connectivity index (χ2v) is 7.94. The maximum absolute atomic E-state index is 12.0. The number of esters is 2. The van der Waals surface area contributed by atoms with Crippen molar-refractivity contribution in [3.63, 3.8) is 0 Å². The van der Waals surface area contributed by atoms with Crippen molar-refractivity contribution in [2.75, 3.05) is 6.61 Å². The molecule has 0 unspecified atom stereocenters. The van der Waals surface area contributed by atoms with Crippen LogP contribution in [-0.4, -0.2) is 34.7 Å². The van der Waals surface area contributed by atoms with Crippen molar-refractivity contribution in [3.8, 4) is 0 Å². The molecular formula is C22H40O6. The lowest BCUT2D eigenvalue weighted by atomic mass is 10.1. The Morgan fingerprint density at radius 3 is 1.50 bits per heavy atom. The van der Waals surface area contributed by atoms with Gasteiger partial charge in [-0.1, -0.05) is 70.6 Å². The maximum Gasteiger partial charge on any atom is 0.373 e. The molecule has 0 radical (unpaired) electrons. The number of cyclic esters (lactones) is 2. The molecule has 0 atom stereocenters. The van der Waals surface area contributed by atoms with Crippen molar-refractivity contribution < 1.29 is 29.3 Å². The van der Waals surface area contributed by atoms with Gasteiger partial charge >= 0.3 is 17.9 Å². The molecule has 0 aromatic rings. The molecule has 0 spiro atoms. The zero-order valence-electron chi connectivity index (χ0n) is 17.5. The summed E-state index contributed by atoms with van der Waals surface area (Å²) in [7, 11) is 0. The number of unbranched alkanes of at least 4 members (excludes halogenated alkanes) is 8. The molecule has 164 valence electrons. The first-order chi connectivity index (χ1) is 13.6. The Bertz CT molecular complexity index is 399. The van der Waals surface area contributed by atoms with Crippen molar-refractivity contribution in [2.24, 2.45) is 0 Å². The van der Waals surface area contributed by atoms with Crippen molar-refractivity contribution in [2.45, 2.75) is 122 Å².